The molecule has 9 nitrogen and oxygen atoms in total. The van der Waals surface area contributed by atoms with Crippen molar-refractivity contribution in [3.63, 3.8) is 0 Å². The van der Waals surface area contributed by atoms with Gasteiger partial charge >= 0.3 is 6.09 Å². The van der Waals surface area contributed by atoms with Gasteiger partial charge in [0.25, 0.3) is 11.8 Å². The maximum atomic E-state index is 12.7. The van der Waals surface area contributed by atoms with Crippen molar-refractivity contribution in [2.24, 2.45) is 0 Å². The van der Waals surface area contributed by atoms with Crippen LogP contribution in [0.2, 0.25) is 0 Å². The molecule has 0 radical (unpaired) electrons. The van der Waals surface area contributed by atoms with Crippen LogP contribution in [0.15, 0.2) is 17.5 Å². The summed E-state index contributed by atoms with van der Waals surface area (Å²) in [5.74, 6) is -1.07. The summed E-state index contributed by atoms with van der Waals surface area (Å²) in [7, 11) is -3.29. The van der Waals surface area contributed by atoms with Gasteiger partial charge in [-0.15, -0.1) is 22.7 Å². The summed E-state index contributed by atoms with van der Waals surface area (Å²) in [6.07, 6.45) is 0.847. The lowest BCUT2D eigenvalue weighted by Crippen LogP contribution is -2.34. The van der Waals surface area contributed by atoms with Crippen LogP contribution in [0.3, 0.4) is 0 Å². The molecule has 3 amide bonds. The Kier molecular flexibility index (Phi) is 6.36. The summed E-state index contributed by atoms with van der Waals surface area (Å²) in [6, 6.07) is 3.25. The highest BCUT2D eigenvalue weighted by Crippen LogP contribution is 2.31. The van der Waals surface area contributed by atoms with Crippen LogP contribution < -0.4 is 10.6 Å². The van der Waals surface area contributed by atoms with Crippen LogP contribution >= 0.6 is 22.7 Å². The fraction of sp³-hybridized carbons (Fsp3) is 0.353. The van der Waals surface area contributed by atoms with E-state index in [0.717, 1.165) is 21.8 Å². The highest BCUT2D eigenvalue weighted by molar-refractivity contribution is 7.88. The van der Waals surface area contributed by atoms with E-state index < -0.39 is 27.9 Å². The minimum absolute atomic E-state index is 0.131. The number of imide groups is 1. The Bertz CT molecular complexity index is 1060. The second-order valence-electron chi connectivity index (χ2n) is 6.20. The largest absolute Gasteiger partial charge is 0.450 e. The third kappa shape index (κ3) is 5.01. The summed E-state index contributed by atoms with van der Waals surface area (Å²) < 4.78 is 29.6. The van der Waals surface area contributed by atoms with E-state index in [1.165, 1.54) is 28.0 Å². The van der Waals surface area contributed by atoms with E-state index >= 15 is 0 Å². The molecule has 0 saturated carbocycles. The molecule has 2 N–H and O–H groups in total. The summed E-state index contributed by atoms with van der Waals surface area (Å²) >= 11 is 2.38. The van der Waals surface area contributed by atoms with Crippen molar-refractivity contribution in [3.05, 3.63) is 38.4 Å². The van der Waals surface area contributed by atoms with Crippen molar-refractivity contribution in [2.45, 2.75) is 19.9 Å². The lowest BCUT2D eigenvalue weighted by molar-refractivity contribution is 0.0926. The molecule has 2 aromatic rings. The minimum Gasteiger partial charge on any atom is -0.450 e. The van der Waals surface area contributed by atoms with Crippen LogP contribution in [-0.2, 0) is 27.7 Å². The SMILES string of the molecule is CCOC(=O)NC(=O)c1ccsc1NC(=O)c1cc2c(s1)CN(S(C)(=O)=O)CC2. The van der Waals surface area contributed by atoms with Gasteiger partial charge in [0.05, 0.1) is 23.3 Å². The molecule has 0 aromatic carbocycles. The first-order chi connectivity index (χ1) is 13.7. The molecule has 0 bridgehead atoms. The monoisotopic (exact) mass is 457 g/mol. The van der Waals surface area contributed by atoms with Gasteiger partial charge in [-0.1, -0.05) is 0 Å². The van der Waals surface area contributed by atoms with E-state index in [1.807, 2.05) is 0 Å². The molecule has 1 aliphatic heterocycles. The molecular formula is C17H19N3O6S3. The first-order valence-electron chi connectivity index (χ1n) is 8.62. The van der Waals surface area contributed by atoms with Gasteiger partial charge in [-0.25, -0.2) is 13.2 Å². The number of fused-ring (bicyclic) bond motifs is 1. The third-order valence-corrected chi connectivity index (χ3v) is 7.41. The highest BCUT2D eigenvalue weighted by Gasteiger charge is 2.27. The predicted molar refractivity (Wildman–Crippen MR) is 110 cm³/mol. The molecule has 29 heavy (non-hydrogen) atoms. The summed E-state index contributed by atoms with van der Waals surface area (Å²) in [6.45, 7) is 2.38. The number of ether oxygens (including phenoxy) is 1. The predicted octanol–water partition coefficient (Wildman–Crippen LogP) is 2.27. The lowest BCUT2D eigenvalue weighted by atomic mass is 10.1. The summed E-state index contributed by atoms with van der Waals surface area (Å²) in [5.41, 5.74) is 1.10. The fourth-order valence-electron chi connectivity index (χ4n) is 2.77. The number of carbonyl (C=O) groups is 3. The van der Waals surface area contributed by atoms with Gasteiger partial charge in [-0.05, 0) is 36.4 Å². The van der Waals surface area contributed by atoms with Crippen molar-refractivity contribution in [2.75, 3.05) is 24.7 Å². The molecule has 0 aliphatic carbocycles. The van der Waals surface area contributed by atoms with Crippen LogP contribution in [0.4, 0.5) is 9.80 Å². The molecule has 3 heterocycles. The number of sulfonamides is 1. The Labute approximate surface area is 175 Å². The molecule has 0 saturated heterocycles. The van der Waals surface area contributed by atoms with Gasteiger partial charge in [-0.3, -0.25) is 14.9 Å². The van der Waals surface area contributed by atoms with Crippen LogP contribution in [0.5, 0.6) is 0 Å². The Hall–Kier alpha value is -2.28. The number of alkyl carbamates (subject to hydrolysis) is 1. The fourth-order valence-corrected chi connectivity index (χ4v) is 5.54. The third-order valence-electron chi connectivity index (χ3n) is 4.17. The van der Waals surface area contributed by atoms with Gasteiger partial charge in [0.15, 0.2) is 0 Å². The van der Waals surface area contributed by atoms with E-state index in [0.29, 0.717) is 22.8 Å². The average Bonchev–Trinajstić information content (AvgIpc) is 3.26. The number of thiophene rings is 2. The minimum atomic E-state index is -3.29. The zero-order chi connectivity index (χ0) is 21.2. The number of rotatable bonds is 5. The Morgan fingerprint density at radius 2 is 2.03 bits per heavy atom. The van der Waals surface area contributed by atoms with E-state index in [1.54, 1.807) is 18.4 Å². The van der Waals surface area contributed by atoms with Crippen molar-refractivity contribution in [1.82, 2.24) is 9.62 Å². The van der Waals surface area contributed by atoms with Crippen molar-refractivity contribution in [1.29, 1.82) is 0 Å². The summed E-state index contributed by atoms with van der Waals surface area (Å²) in [4.78, 5) is 37.5. The van der Waals surface area contributed by atoms with Gasteiger partial charge in [-0.2, -0.15) is 4.31 Å². The highest BCUT2D eigenvalue weighted by atomic mass is 32.2. The summed E-state index contributed by atoms with van der Waals surface area (Å²) in [5, 5.41) is 6.71. The van der Waals surface area contributed by atoms with Crippen LogP contribution in [0.1, 0.15) is 37.4 Å². The van der Waals surface area contributed by atoms with Crippen LogP contribution in [0.25, 0.3) is 0 Å². The van der Waals surface area contributed by atoms with E-state index in [2.05, 4.69) is 15.4 Å². The number of nitrogens with zero attached hydrogens (tertiary/aromatic N) is 1. The molecule has 12 heteroatoms. The second kappa shape index (κ2) is 8.61. The molecule has 3 rings (SSSR count). The average molecular weight is 458 g/mol. The Balaban J connectivity index is 1.71. The molecule has 156 valence electrons. The number of hydrogen-bond donors (Lipinski definition) is 2. The zero-order valence-corrected chi connectivity index (χ0v) is 18.1. The number of hydrogen-bond acceptors (Lipinski definition) is 8. The van der Waals surface area contributed by atoms with Crippen LogP contribution in [0, 0.1) is 0 Å². The number of amides is 3. The maximum Gasteiger partial charge on any atom is 0.414 e. The van der Waals surface area contributed by atoms with Gasteiger partial charge < -0.3 is 10.1 Å². The normalized spacial score (nSPS) is 14.1. The topological polar surface area (TPSA) is 122 Å². The van der Waals surface area contributed by atoms with Crippen LogP contribution in [-0.4, -0.2) is 50.0 Å². The smallest absolute Gasteiger partial charge is 0.414 e. The van der Waals surface area contributed by atoms with Gasteiger partial charge in [0.2, 0.25) is 10.0 Å². The lowest BCUT2D eigenvalue weighted by Gasteiger charge is -2.24. The van der Waals surface area contributed by atoms with E-state index in [-0.39, 0.29) is 18.7 Å². The van der Waals surface area contributed by atoms with Gasteiger partial charge in [0, 0.05) is 18.0 Å². The second-order valence-corrected chi connectivity index (χ2v) is 10.2. The number of nitrogens with one attached hydrogen (secondary N) is 2. The first-order valence-corrected chi connectivity index (χ1v) is 12.2. The molecule has 2 aromatic heterocycles. The van der Waals surface area contributed by atoms with Crippen molar-refractivity contribution in [3.8, 4) is 0 Å². The standard InChI is InChI=1S/C17H19N3O6S3/c1-3-26-17(23)19-14(21)11-5-7-27-16(11)18-15(22)12-8-10-4-6-20(29(2,24)25)9-13(10)28-12/h5,7-8H,3-4,6,9H2,1-2H3,(H,18,22)(H,19,21,23). The molecule has 0 fully saturated rings. The molecular weight excluding hydrogens is 438 g/mol. The molecule has 0 spiro atoms. The Morgan fingerprint density at radius 3 is 2.72 bits per heavy atom. The molecule has 0 unspecified atom stereocenters. The van der Waals surface area contributed by atoms with Crippen molar-refractivity contribution >= 4 is 55.6 Å². The quantitative estimate of drug-likeness (QED) is 0.710. The zero-order valence-electron chi connectivity index (χ0n) is 15.7. The Morgan fingerprint density at radius 1 is 1.28 bits per heavy atom. The maximum absolute atomic E-state index is 12.7. The van der Waals surface area contributed by atoms with E-state index in [9.17, 15) is 22.8 Å². The number of carbonyl (C=O) groups excluding carboxylic acids is 3. The molecule has 0 atom stereocenters. The number of anilines is 1. The first kappa shape index (κ1) is 21.4. The van der Waals surface area contributed by atoms with Gasteiger partial charge in [0.1, 0.15) is 5.00 Å². The van der Waals surface area contributed by atoms with Crippen molar-refractivity contribution < 1.29 is 27.5 Å². The van der Waals surface area contributed by atoms with E-state index in [4.69, 9.17) is 0 Å². The molecule has 1 aliphatic rings.